The molecule has 1 aromatic heterocycles. The van der Waals surface area contributed by atoms with Gasteiger partial charge < -0.3 is 4.90 Å². The Hall–Kier alpha value is -3.13. The number of nitrogens with zero attached hydrogens (tertiary/aromatic N) is 4. The van der Waals surface area contributed by atoms with E-state index in [1.807, 2.05) is 80.7 Å². The molecule has 1 aliphatic rings. The van der Waals surface area contributed by atoms with Crippen LogP contribution in [0.25, 0.3) is 11.3 Å². The first-order chi connectivity index (χ1) is 14.5. The molecule has 0 bridgehead atoms. The average Bonchev–Trinajstić information content (AvgIpc) is 2.77. The highest BCUT2D eigenvalue weighted by Gasteiger charge is 2.45. The smallest absolute Gasteiger partial charge is 0.325 e. The lowest BCUT2D eigenvalue weighted by Gasteiger charge is -2.32. The van der Waals surface area contributed by atoms with Crippen LogP contribution in [0.15, 0.2) is 58.5 Å². The summed E-state index contributed by atoms with van der Waals surface area (Å²) < 4.78 is 1.69. The number of hydrogen-bond donors (Lipinski definition) is 1. The van der Waals surface area contributed by atoms with Crippen molar-refractivity contribution in [3.05, 3.63) is 64.4 Å². The van der Waals surface area contributed by atoms with Crippen molar-refractivity contribution < 1.29 is 9.48 Å². The lowest BCUT2D eigenvalue weighted by Crippen LogP contribution is -2.60. The number of anilines is 2. The van der Waals surface area contributed by atoms with E-state index in [4.69, 9.17) is 5.10 Å². The first-order valence-electron chi connectivity index (χ1n) is 9.75. The van der Waals surface area contributed by atoms with E-state index < -0.39 is 6.17 Å². The van der Waals surface area contributed by atoms with Crippen LogP contribution in [0.2, 0.25) is 0 Å². The highest BCUT2D eigenvalue weighted by molar-refractivity contribution is 7.98. The number of benzene rings is 2. The van der Waals surface area contributed by atoms with Gasteiger partial charge in [0.15, 0.2) is 0 Å². The quantitative estimate of drug-likeness (QED) is 0.517. The summed E-state index contributed by atoms with van der Waals surface area (Å²) in [5.74, 6) is -0.0323. The second-order valence-corrected chi connectivity index (χ2v) is 8.05. The molecule has 0 saturated heterocycles. The fraction of sp³-hybridized carbons (Fsp3) is 0.273. The van der Waals surface area contributed by atoms with Gasteiger partial charge in [-0.05, 0) is 47.3 Å². The predicted octanol–water partition coefficient (Wildman–Crippen LogP) is 2.82. The Morgan fingerprint density at radius 1 is 1.20 bits per heavy atom. The Morgan fingerprint density at radius 2 is 1.90 bits per heavy atom. The number of fused-ring (bicyclic) bond motifs is 3. The van der Waals surface area contributed by atoms with Crippen molar-refractivity contribution in [1.29, 1.82) is 0 Å². The van der Waals surface area contributed by atoms with Gasteiger partial charge in [0.25, 0.3) is 6.17 Å². The van der Waals surface area contributed by atoms with Crippen LogP contribution in [0.4, 0.5) is 11.4 Å². The molecule has 0 unspecified atom stereocenters. The zero-order valence-electron chi connectivity index (χ0n) is 17.4. The van der Waals surface area contributed by atoms with Gasteiger partial charge in [-0.25, -0.2) is 4.90 Å². The van der Waals surface area contributed by atoms with Gasteiger partial charge >= 0.3 is 11.3 Å². The molecule has 7 nitrogen and oxygen atoms in total. The van der Waals surface area contributed by atoms with Crippen LogP contribution in [0.1, 0.15) is 25.1 Å². The lowest BCUT2D eigenvalue weighted by atomic mass is 10.0. The monoisotopic (exact) mass is 422 g/mol. The van der Waals surface area contributed by atoms with E-state index in [9.17, 15) is 9.59 Å². The maximum absolute atomic E-state index is 13.1. The highest BCUT2D eigenvalue weighted by atomic mass is 32.2. The average molecular weight is 423 g/mol. The van der Waals surface area contributed by atoms with Crippen LogP contribution in [0.3, 0.4) is 0 Å². The maximum atomic E-state index is 13.1. The molecule has 1 N–H and O–H groups in total. The second-order valence-electron chi connectivity index (χ2n) is 7.25. The van der Waals surface area contributed by atoms with Crippen molar-refractivity contribution in [2.75, 3.05) is 30.2 Å². The van der Waals surface area contributed by atoms with Crippen LogP contribution >= 0.6 is 11.8 Å². The molecule has 154 valence electrons. The molecule has 0 saturated carbocycles. The third kappa shape index (κ3) is 3.27. The number of aromatic amines is 1. The molecule has 1 aliphatic heterocycles. The van der Waals surface area contributed by atoms with Crippen molar-refractivity contribution in [3.63, 3.8) is 0 Å². The van der Waals surface area contributed by atoms with E-state index in [0.717, 1.165) is 16.9 Å². The Kier molecular flexibility index (Phi) is 5.34. The van der Waals surface area contributed by atoms with Crippen LogP contribution in [-0.4, -0.2) is 36.3 Å². The molecule has 3 aromatic rings. The molecule has 8 heteroatoms. The zero-order chi connectivity index (χ0) is 21.4. The normalized spacial score (nSPS) is 14.8. The molecule has 0 aliphatic carbocycles. The zero-order valence-corrected chi connectivity index (χ0v) is 18.2. The number of aromatic nitrogens is 3. The highest BCUT2D eigenvalue weighted by Crippen LogP contribution is 2.37. The number of carbonyl (C=O) groups excluding carboxylic acids is 1. The van der Waals surface area contributed by atoms with Gasteiger partial charge in [0, 0.05) is 36.9 Å². The number of para-hydroxylation sites is 1. The first kappa shape index (κ1) is 20.2. The molecule has 0 fully saturated rings. The molecular weight excluding hydrogens is 398 g/mol. The molecule has 0 radical (unpaired) electrons. The molecule has 2 aromatic carbocycles. The van der Waals surface area contributed by atoms with Gasteiger partial charge in [-0.3, -0.25) is 14.6 Å². The molecular formula is C22H24N5O2S+. The van der Waals surface area contributed by atoms with Crippen molar-refractivity contribution in [2.24, 2.45) is 0 Å². The fourth-order valence-corrected chi connectivity index (χ4v) is 4.11. The number of rotatable bonds is 4. The van der Waals surface area contributed by atoms with Gasteiger partial charge in [-0.2, -0.15) is 0 Å². The Bertz CT molecular complexity index is 1160. The van der Waals surface area contributed by atoms with E-state index in [0.29, 0.717) is 22.8 Å². The summed E-state index contributed by atoms with van der Waals surface area (Å²) in [6.07, 6.45) is 1.65. The number of amides is 1. The maximum Gasteiger partial charge on any atom is 0.325 e. The number of nitrogens with one attached hydrogen (secondary N) is 1. The summed E-state index contributed by atoms with van der Waals surface area (Å²) in [5, 5.41) is 5.20. The molecule has 30 heavy (non-hydrogen) atoms. The van der Waals surface area contributed by atoms with Crippen molar-refractivity contribution >= 4 is 29.0 Å². The first-order valence-corrected chi connectivity index (χ1v) is 11.0. The Labute approximate surface area is 179 Å². The van der Waals surface area contributed by atoms with E-state index in [1.54, 1.807) is 9.58 Å². The van der Waals surface area contributed by atoms with Crippen LogP contribution in [0, 0.1) is 0 Å². The SMILES string of the molecule is CCC(=O)N1c2ccccc2-c2c(=O)[nH]c(SC)n[n+]2[C@H]1c1ccc(N(C)C)cc1. The van der Waals surface area contributed by atoms with E-state index in [1.165, 1.54) is 11.8 Å². The number of H-pyrrole nitrogens is 1. The topological polar surface area (TPSA) is 73.2 Å². The molecule has 1 amide bonds. The van der Waals surface area contributed by atoms with Gasteiger partial charge in [0.1, 0.15) is 0 Å². The summed E-state index contributed by atoms with van der Waals surface area (Å²) >= 11 is 1.36. The van der Waals surface area contributed by atoms with E-state index >= 15 is 0 Å². The second kappa shape index (κ2) is 7.95. The third-order valence-corrected chi connectivity index (χ3v) is 5.80. The molecule has 4 rings (SSSR count). The summed E-state index contributed by atoms with van der Waals surface area (Å²) in [6, 6.07) is 15.5. The summed E-state index contributed by atoms with van der Waals surface area (Å²) in [7, 11) is 3.96. The lowest BCUT2D eigenvalue weighted by molar-refractivity contribution is -0.763. The van der Waals surface area contributed by atoms with Crippen LogP contribution < -0.4 is 20.0 Å². The van der Waals surface area contributed by atoms with Crippen LogP contribution in [-0.2, 0) is 4.79 Å². The largest absolute Gasteiger partial charge is 0.378 e. The molecule has 1 atom stereocenters. The number of thioether (sulfide) groups is 1. The van der Waals surface area contributed by atoms with E-state index in [2.05, 4.69) is 4.98 Å². The van der Waals surface area contributed by atoms with Crippen molar-refractivity contribution in [3.8, 4) is 11.3 Å². The molecule has 2 heterocycles. The minimum Gasteiger partial charge on any atom is -0.378 e. The molecule has 0 spiro atoms. The number of hydrogen-bond acceptors (Lipinski definition) is 5. The summed E-state index contributed by atoms with van der Waals surface area (Å²) in [6.45, 7) is 1.84. The van der Waals surface area contributed by atoms with Gasteiger partial charge in [0.2, 0.25) is 11.1 Å². The van der Waals surface area contributed by atoms with E-state index in [-0.39, 0.29) is 11.5 Å². The summed E-state index contributed by atoms with van der Waals surface area (Å²) in [5.41, 5.74) is 3.58. The Morgan fingerprint density at radius 3 is 2.53 bits per heavy atom. The van der Waals surface area contributed by atoms with Gasteiger partial charge in [-0.1, -0.05) is 30.8 Å². The minimum absolute atomic E-state index is 0.0323. The summed E-state index contributed by atoms with van der Waals surface area (Å²) in [4.78, 5) is 32.8. The van der Waals surface area contributed by atoms with Gasteiger partial charge in [0.05, 0.1) is 11.3 Å². The predicted molar refractivity (Wildman–Crippen MR) is 119 cm³/mol. The van der Waals surface area contributed by atoms with Crippen molar-refractivity contribution in [1.82, 2.24) is 10.1 Å². The van der Waals surface area contributed by atoms with Gasteiger partial charge in [-0.15, -0.1) is 0 Å². The Balaban J connectivity index is 2.02. The number of carbonyl (C=O) groups is 1. The minimum atomic E-state index is -0.549. The van der Waals surface area contributed by atoms with Crippen molar-refractivity contribution in [2.45, 2.75) is 24.7 Å². The fourth-order valence-electron chi connectivity index (χ4n) is 3.75. The standard InChI is InChI=1S/C22H23N5O2S/c1-5-18(28)26-17-9-7-6-8-16(17)19-20(29)23-22(30-4)24-27(19)21(26)14-10-12-15(13-11-14)25(2)3/h6-13,21H,5H2,1-4H3/p+1/t21-/m0/s1. The van der Waals surface area contributed by atoms with Crippen LogP contribution in [0.5, 0.6) is 0 Å². The third-order valence-electron chi connectivity index (χ3n) is 5.23.